The molecule has 18 heavy (non-hydrogen) atoms. The van der Waals surface area contributed by atoms with Crippen LogP contribution in [-0.2, 0) is 0 Å². The number of para-hydroxylation sites is 1. The van der Waals surface area contributed by atoms with E-state index in [9.17, 15) is 0 Å². The molecule has 1 atom stereocenters. The van der Waals surface area contributed by atoms with Crippen LogP contribution in [0.4, 0.5) is 0 Å². The van der Waals surface area contributed by atoms with E-state index in [0.717, 1.165) is 11.4 Å². The molecule has 0 aliphatic heterocycles. The summed E-state index contributed by atoms with van der Waals surface area (Å²) < 4.78 is 1.67. The Labute approximate surface area is 116 Å². The summed E-state index contributed by atoms with van der Waals surface area (Å²) >= 11 is 12.3. The van der Waals surface area contributed by atoms with E-state index in [1.54, 1.807) is 22.9 Å². The molecule has 0 bridgehead atoms. The number of hydrogen-bond donors (Lipinski definition) is 1. The third kappa shape index (κ3) is 2.23. The van der Waals surface area contributed by atoms with Crippen LogP contribution < -0.4 is 5.32 Å². The summed E-state index contributed by atoms with van der Waals surface area (Å²) in [6, 6.07) is 5.49. The van der Waals surface area contributed by atoms with Crippen molar-refractivity contribution < 1.29 is 0 Å². The van der Waals surface area contributed by atoms with Gasteiger partial charge in [0.25, 0.3) is 0 Å². The van der Waals surface area contributed by atoms with E-state index in [1.807, 2.05) is 20.9 Å². The maximum absolute atomic E-state index is 6.17. The molecular formula is C12H14Cl2N4. The van der Waals surface area contributed by atoms with Gasteiger partial charge in [0.2, 0.25) is 0 Å². The fourth-order valence-corrected chi connectivity index (χ4v) is 2.34. The Morgan fingerprint density at radius 2 is 1.89 bits per heavy atom. The van der Waals surface area contributed by atoms with Gasteiger partial charge in [-0.15, -0.1) is 5.10 Å². The number of nitrogens with zero attached hydrogens (tertiary/aromatic N) is 3. The van der Waals surface area contributed by atoms with Gasteiger partial charge in [-0.3, -0.25) is 0 Å². The highest BCUT2D eigenvalue weighted by molar-refractivity contribution is 6.37. The predicted octanol–water partition coefficient (Wildman–Crippen LogP) is 3.16. The van der Waals surface area contributed by atoms with Gasteiger partial charge in [-0.2, -0.15) is 0 Å². The Kier molecular flexibility index (Phi) is 3.90. The number of aromatic nitrogens is 3. The van der Waals surface area contributed by atoms with Crippen LogP contribution >= 0.6 is 23.2 Å². The first kappa shape index (κ1) is 13.3. The number of rotatable bonds is 3. The van der Waals surface area contributed by atoms with Crippen molar-refractivity contribution in [2.45, 2.75) is 19.9 Å². The third-order valence-electron chi connectivity index (χ3n) is 2.92. The molecule has 0 saturated carbocycles. The summed E-state index contributed by atoms with van der Waals surface area (Å²) in [4.78, 5) is 0. The molecule has 2 aromatic rings. The minimum atomic E-state index is 0.125. The van der Waals surface area contributed by atoms with Crippen LogP contribution in [0.3, 0.4) is 0 Å². The zero-order valence-corrected chi connectivity index (χ0v) is 11.9. The van der Waals surface area contributed by atoms with Crippen molar-refractivity contribution in [2.24, 2.45) is 0 Å². The van der Waals surface area contributed by atoms with E-state index < -0.39 is 0 Å². The predicted molar refractivity (Wildman–Crippen MR) is 73.6 cm³/mol. The number of hydrogen-bond acceptors (Lipinski definition) is 3. The first-order chi connectivity index (χ1) is 8.56. The lowest BCUT2D eigenvalue weighted by atomic mass is 10.2. The smallest absolute Gasteiger partial charge is 0.104 e. The third-order valence-corrected chi connectivity index (χ3v) is 3.53. The Morgan fingerprint density at radius 1 is 1.28 bits per heavy atom. The zero-order chi connectivity index (χ0) is 13.3. The van der Waals surface area contributed by atoms with Crippen molar-refractivity contribution in [1.82, 2.24) is 20.3 Å². The maximum atomic E-state index is 6.17. The lowest BCUT2D eigenvalue weighted by Crippen LogP contribution is -2.14. The Bertz CT molecular complexity index is 545. The standard InChI is InChI=1S/C12H14Cl2N4/c1-7(15-3)11-8(2)18(17-16-11)12-9(13)5-4-6-10(12)14/h4-7,15H,1-3H3. The molecule has 96 valence electrons. The van der Waals surface area contributed by atoms with Gasteiger partial charge in [0.15, 0.2) is 0 Å². The van der Waals surface area contributed by atoms with Crippen LogP contribution in [0.1, 0.15) is 24.4 Å². The topological polar surface area (TPSA) is 42.7 Å². The van der Waals surface area contributed by atoms with Gasteiger partial charge in [-0.1, -0.05) is 34.5 Å². The van der Waals surface area contributed by atoms with Crippen molar-refractivity contribution in [3.05, 3.63) is 39.6 Å². The van der Waals surface area contributed by atoms with Gasteiger partial charge in [0, 0.05) is 0 Å². The number of halogens is 2. The highest BCUT2D eigenvalue weighted by Crippen LogP contribution is 2.29. The Morgan fingerprint density at radius 3 is 2.44 bits per heavy atom. The van der Waals surface area contributed by atoms with Crippen LogP contribution in [0.15, 0.2) is 18.2 Å². The minimum Gasteiger partial charge on any atom is -0.312 e. The normalized spacial score (nSPS) is 12.7. The molecule has 1 aromatic carbocycles. The summed E-state index contributed by atoms with van der Waals surface area (Å²) in [5.74, 6) is 0. The van der Waals surface area contributed by atoms with Crippen molar-refractivity contribution in [3.8, 4) is 5.69 Å². The summed E-state index contributed by atoms with van der Waals surface area (Å²) in [5.41, 5.74) is 2.47. The van der Waals surface area contributed by atoms with Crippen molar-refractivity contribution in [2.75, 3.05) is 7.05 Å². The molecule has 2 rings (SSSR count). The molecule has 4 nitrogen and oxygen atoms in total. The van der Waals surface area contributed by atoms with E-state index in [1.165, 1.54) is 0 Å². The highest BCUT2D eigenvalue weighted by Gasteiger charge is 2.17. The average Bonchev–Trinajstić information content (AvgIpc) is 2.71. The minimum absolute atomic E-state index is 0.125. The molecule has 6 heteroatoms. The summed E-state index contributed by atoms with van der Waals surface area (Å²) in [6.45, 7) is 3.97. The monoisotopic (exact) mass is 284 g/mol. The SMILES string of the molecule is CNC(C)c1nnn(-c2c(Cl)cccc2Cl)c1C. The second-order valence-corrected chi connectivity index (χ2v) is 4.87. The molecular weight excluding hydrogens is 271 g/mol. The fourth-order valence-electron chi connectivity index (χ4n) is 1.78. The van der Waals surface area contributed by atoms with E-state index in [0.29, 0.717) is 15.7 Å². The number of nitrogens with one attached hydrogen (secondary N) is 1. The molecule has 1 unspecified atom stereocenters. The maximum Gasteiger partial charge on any atom is 0.104 e. The molecule has 0 fully saturated rings. The quantitative estimate of drug-likeness (QED) is 0.942. The van der Waals surface area contributed by atoms with Crippen LogP contribution in [-0.4, -0.2) is 22.0 Å². The van der Waals surface area contributed by atoms with Gasteiger partial charge < -0.3 is 5.32 Å². The van der Waals surface area contributed by atoms with E-state index in [2.05, 4.69) is 15.6 Å². The van der Waals surface area contributed by atoms with Crippen LogP contribution in [0.25, 0.3) is 5.69 Å². The number of benzene rings is 1. The summed E-state index contributed by atoms with van der Waals surface area (Å²) in [7, 11) is 1.88. The zero-order valence-electron chi connectivity index (χ0n) is 10.4. The molecule has 1 heterocycles. The van der Waals surface area contributed by atoms with Gasteiger partial charge in [0.1, 0.15) is 11.4 Å². The van der Waals surface area contributed by atoms with Gasteiger partial charge in [-0.25, -0.2) is 4.68 Å². The average molecular weight is 285 g/mol. The van der Waals surface area contributed by atoms with Gasteiger partial charge in [0.05, 0.1) is 21.8 Å². The molecule has 0 amide bonds. The lowest BCUT2D eigenvalue weighted by Gasteiger charge is -2.10. The van der Waals surface area contributed by atoms with Crippen molar-refractivity contribution >= 4 is 23.2 Å². The molecule has 1 N–H and O–H groups in total. The van der Waals surface area contributed by atoms with Crippen molar-refractivity contribution in [3.63, 3.8) is 0 Å². The van der Waals surface area contributed by atoms with Crippen LogP contribution in [0.2, 0.25) is 10.0 Å². The first-order valence-electron chi connectivity index (χ1n) is 5.60. The fraction of sp³-hybridized carbons (Fsp3) is 0.333. The second-order valence-electron chi connectivity index (χ2n) is 4.05. The summed E-state index contributed by atoms with van der Waals surface area (Å²) in [5, 5.41) is 12.6. The molecule has 0 spiro atoms. The highest BCUT2D eigenvalue weighted by atomic mass is 35.5. The molecule has 1 aromatic heterocycles. The van der Waals surface area contributed by atoms with Gasteiger partial charge in [-0.05, 0) is 33.0 Å². The molecule has 0 saturated heterocycles. The largest absolute Gasteiger partial charge is 0.312 e. The van der Waals surface area contributed by atoms with Crippen LogP contribution in [0.5, 0.6) is 0 Å². The second kappa shape index (κ2) is 5.26. The van der Waals surface area contributed by atoms with Crippen molar-refractivity contribution in [1.29, 1.82) is 0 Å². The van der Waals surface area contributed by atoms with E-state index in [4.69, 9.17) is 23.2 Å². The molecule has 0 aliphatic carbocycles. The van der Waals surface area contributed by atoms with E-state index in [-0.39, 0.29) is 6.04 Å². The lowest BCUT2D eigenvalue weighted by molar-refractivity contribution is 0.627. The Balaban J connectivity index is 2.56. The van der Waals surface area contributed by atoms with Gasteiger partial charge >= 0.3 is 0 Å². The Hall–Kier alpha value is -1.10. The van der Waals surface area contributed by atoms with Crippen LogP contribution in [0, 0.1) is 6.92 Å². The van der Waals surface area contributed by atoms with E-state index >= 15 is 0 Å². The first-order valence-corrected chi connectivity index (χ1v) is 6.35. The summed E-state index contributed by atoms with van der Waals surface area (Å²) in [6.07, 6.45) is 0. The molecule has 0 aliphatic rings. The molecule has 0 radical (unpaired) electrons.